The Balaban J connectivity index is 2.08. The maximum atomic E-state index is 11.6. The van der Waals surface area contributed by atoms with Crippen LogP contribution in [0.3, 0.4) is 0 Å². The third-order valence-corrected chi connectivity index (χ3v) is 3.68. The third kappa shape index (κ3) is 1.76. The van der Waals surface area contributed by atoms with Crippen molar-refractivity contribution >= 4 is 21.9 Å². The van der Waals surface area contributed by atoms with E-state index in [-0.39, 0.29) is 5.69 Å². The molecule has 6 nitrogen and oxygen atoms in total. The van der Waals surface area contributed by atoms with Crippen molar-refractivity contribution in [1.82, 2.24) is 24.7 Å². The molecule has 3 heterocycles. The van der Waals surface area contributed by atoms with E-state index in [0.717, 1.165) is 38.8 Å². The summed E-state index contributed by atoms with van der Waals surface area (Å²) in [6.45, 7) is 1.89. The molecule has 0 amide bonds. The molecule has 0 bridgehead atoms. The molecule has 0 unspecified atom stereocenters. The highest BCUT2D eigenvalue weighted by Gasteiger charge is 2.10. The lowest BCUT2D eigenvalue weighted by molar-refractivity contribution is 0.768. The quantitative estimate of drug-likeness (QED) is 0.560. The van der Waals surface area contributed by atoms with Crippen molar-refractivity contribution in [2.45, 2.75) is 6.92 Å². The van der Waals surface area contributed by atoms with Crippen molar-refractivity contribution in [3.63, 3.8) is 0 Å². The number of nitrogens with one attached hydrogen (secondary N) is 2. The van der Waals surface area contributed by atoms with Gasteiger partial charge in [-0.3, -0.25) is 9.67 Å². The highest BCUT2D eigenvalue weighted by Crippen LogP contribution is 2.27. The topological polar surface area (TPSA) is 79.4 Å². The van der Waals surface area contributed by atoms with E-state index in [2.05, 4.69) is 20.1 Å². The third-order valence-electron chi connectivity index (χ3n) is 3.68. The Bertz CT molecular complexity index is 1040. The highest BCUT2D eigenvalue weighted by atomic mass is 16.1. The van der Waals surface area contributed by atoms with Crippen molar-refractivity contribution in [2.75, 3.05) is 0 Å². The van der Waals surface area contributed by atoms with E-state index in [1.165, 1.54) is 0 Å². The van der Waals surface area contributed by atoms with Gasteiger partial charge in [0, 0.05) is 24.2 Å². The molecule has 0 aliphatic carbocycles. The largest absolute Gasteiger partial charge is 0.323 e. The number of benzene rings is 1. The predicted octanol–water partition coefficient (Wildman–Crippen LogP) is 2.11. The lowest BCUT2D eigenvalue weighted by Gasteiger charge is -2.04. The van der Waals surface area contributed by atoms with Crippen LogP contribution in [0.1, 0.15) is 5.69 Å². The minimum atomic E-state index is -0.214. The lowest BCUT2D eigenvalue weighted by atomic mass is 10.1. The molecule has 4 rings (SSSR count). The van der Waals surface area contributed by atoms with Gasteiger partial charge in [0.2, 0.25) is 0 Å². The SMILES string of the molecule is Cc1nc2ccc(-c3cnn(C)c3)cc2c2[nH]c(=O)[nH]c12. The Morgan fingerprint density at radius 3 is 2.71 bits per heavy atom. The van der Waals surface area contributed by atoms with Crippen molar-refractivity contribution in [3.05, 3.63) is 46.8 Å². The summed E-state index contributed by atoms with van der Waals surface area (Å²) in [7, 11) is 1.89. The van der Waals surface area contributed by atoms with Crippen LogP contribution in [0.2, 0.25) is 0 Å². The van der Waals surface area contributed by atoms with Gasteiger partial charge in [-0.15, -0.1) is 0 Å². The average Bonchev–Trinajstić information content (AvgIpc) is 3.05. The fourth-order valence-electron chi connectivity index (χ4n) is 2.68. The van der Waals surface area contributed by atoms with Crippen LogP contribution in [-0.4, -0.2) is 24.7 Å². The molecule has 0 radical (unpaired) electrons. The second-order valence-electron chi connectivity index (χ2n) is 5.16. The van der Waals surface area contributed by atoms with Crippen LogP contribution in [0, 0.1) is 6.92 Å². The van der Waals surface area contributed by atoms with Gasteiger partial charge in [0.15, 0.2) is 0 Å². The molecule has 6 heteroatoms. The van der Waals surface area contributed by atoms with Gasteiger partial charge in [-0.1, -0.05) is 6.07 Å². The number of H-pyrrole nitrogens is 2. The average molecular weight is 279 g/mol. The first-order chi connectivity index (χ1) is 10.1. The van der Waals surface area contributed by atoms with Gasteiger partial charge in [0.1, 0.15) is 0 Å². The van der Waals surface area contributed by atoms with Crippen molar-refractivity contribution in [1.29, 1.82) is 0 Å². The number of nitrogens with zero attached hydrogens (tertiary/aromatic N) is 3. The van der Waals surface area contributed by atoms with Crippen molar-refractivity contribution in [3.8, 4) is 11.1 Å². The molecule has 0 spiro atoms. The molecule has 2 N–H and O–H groups in total. The van der Waals surface area contributed by atoms with Gasteiger partial charge < -0.3 is 9.97 Å². The summed E-state index contributed by atoms with van der Waals surface area (Å²) in [6, 6.07) is 6.02. The molecule has 21 heavy (non-hydrogen) atoms. The van der Waals surface area contributed by atoms with E-state index in [1.54, 1.807) is 4.68 Å². The zero-order valence-corrected chi connectivity index (χ0v) is 11.6. The zero-order chi connectivity index (χ0) is 14.6. The number of hydrogen-bond acceptors (Lipinski definition) is 3. The van der Waals surface area contributed by atoms with Crippen LogP contribution < -0.4 is 5.69 Å². The predicted molar refractivity (Wildman–Crippen MR) is 81.2 cm³/mol. The maximum Gasteiger partial charge on any atom is 0.323 e. The van der Waals surface area contributed by atoms with Crippen LogP contribution in [0.5, 0.6) is 0 Å². The number of hydrogen-bond donors (Lipinski definition) is 2. The minimum absolute atomic E-state index is 0.214. The van der Waals surface area contributed by atoms with Crippen LogP contribution in [0.15, 0.2) is 35.4 Å². The van der Waals surface area contributed by atoms with Gasteiger partial charge >= 0.3 is 5.69 Å². The molecular formula is C15H13N5O. The minimum Gasteiger partial charge on any atom is -0.305 e. The van der Waals surface area contributed by atoms with E-state index >= 15 is 0 Å². The Hall–Kier alpha value is -2.89. The first kappa shape index (κ1) is 11.9. The van der Waals surface area contributed by atoms with Gasteiger partial charge in [0.05, 0.1) is 28.4 Å². The summed E-state index contributed by atoms with van der Waals surface area (Å²) in [5, 5.41) is 5.12. The molecule has 0 atom stereocenters. The van der Waals surface area contributed by atoms with Gasteiger partial charge in [0.25, 0.3) is 0 Å². The van der Waals surface area contributed by atoms with Gasteiger partial charge in [-0.2, -0.15) is 5.10 Å². The fourth-order valence-corrected chi connectivity index (χ4v) is 2.68. The number of aromatic nitrogens is 5. The molecule has 0 saturated heterocycles. The number of fused-ring (bicyclic) bond motifs is 3. The van der Waals surface area contributed by atoms with Crippen LogP contribution in [-0.2, 0) is 7.05 Å². The molecule has 0 fully saturated rings. The second kappa shape index (κ2) is 4.05. The van der Waals surface area contributed by atoms with Crippen LogP contribution >= 0.6 is 0 Å². The zero-order valence-electron chi connectivity index (χ0n) is 11.6. The Kier molecular flexibility index (Phi) is 2.29. The van der Waals surface area contributed by atoms with Crippen molar-refractivity contribution < 1.29 is 0 Å². The summed E-state index contributed by atoms with van der Waals surface area (Å²) in [4.78, 5) is 21.8. The molecule has 4 aromatic rings. The number of imidazole rings is 1. The number of aromatic amines is 2. The summed E-state index contributed by atoms with van der Waals surface area (Å²) >= 11 is 0. The normalized spacial score (nSPS) is 11.5. The number of aryl methyl sites for hydroxylation is 2. The van der Waals surface area contributed by atoms with E-state index in [4.69, 9.17) is 0 Å². The fraction of sp³-hybridized carbons (Fsp3) is 0.133. The smallest absolute Gasteiger partial charge is 0.305 e. The summed E-state index contributed by atoms with van der Waals surface area (Å²) < 4.78 is 1.76. The summed E-state index contributed by atoms with van der Waals surface area (Å²) in [5.74, 6) is 0. The Morgan fingerprint density at radius 2 is 1.95 bits per heavy atom. The van der Waals surface area contributed by atoms with Crippen molar-refractivity contribution in [2.24, 2.45) is 7.05 Å². The monoisotopic (exact) mass is 279 g/mol. The van der Waals surface area contributed by atoms with E-state index in [0.29, 0.717) is 0 Å². The molecule has 0 saturated carbocycles. The van der Waals surface area contributed by atoms with E-state index in [9.17, 15) is 4.79 Å². The molecule has 1 aromatic carbocycles. The standard InChI is InChI=1S/C15H13N5O/c1-8-13-14(19-15(21)18-13)11-5-9(3-4-12(11)17-8)10-6-16-20(2)7-10/h3-7H,1-2H3,(H2,18,19,21). The van der Waals surface area contributed by atoms with E-state index < -0.39 is 0 Å². The van der Waals surface area contributed by atoms with Crippen LogP contribution in [0.4, 0.5) is 0 Å². The first-order valence-electron chi connectivity index (χ1n) is 6.63. The first-order valence-corrected chi connectivity index (χ1v) is 6.63. The van der Waals surface area contributed by atoms with Crippen LogP contribution in [0.25, 0.3) is 33.1 Å². The molecule has 3 aromatic heterocycles. The summed E-state index contributed by atoms with van der Waals surface area (Å²) in [5.41, 5.74) is 5.10. The Labute approximate surface area is 119 Å². The van der Waals surface area contributed by atoms with Gasteiger partial charge in [-0.25, -0.2) is 4.79 Å². The maximum absolute atomic E-state index is 11.6. The molecule has 0 aliphatic rings. The lowest BCUT2D eigenvalue weighted by Crippen LogP contribution is -1.99. The molecular weight excluding hydrogens is 266 g/mol. The van der Waals surface area contributed by atoms with E-state index in [1.807, 2.05) is 44.6 Å². The number of rotatable bonds is 1. The molecule has 104 valence electrons. The highest BCUT2D eigenvalue weighted by molar-refractivity contribution is 6.04. The number of pyridine rings is 1. The Morgan fingerprint density at radius 1 is 1.14 bits per heavy atom. The van der Waals surface area contributed by atoms with Gasteiger partial charge in [-0.05, 0) is 24.6 Å². The molecule has 0 aliphatic heterocycles. The second-order valence-corrected chi connectivity index (χ2v) is 5.16. The summed E-state index contributed by atoms with van der Waals surface area (Å²) in [6.07, 6.45) is 3.78.